The van der Waals surface area contributed by atoms with Crippen LogP contribution in [0.5, 0.6) is 11.5 Å². The van der Waals surface area contributed by atoms with Crippen molar-refractivity contribution in [2.24, 2.45) is 5.73 Å². The Labute approximate surface area is 125 Å². The molecule has 0 aliphatic carbocycles. The van der Waals surface area contributed by atoms with Gasteiger partial charge in [0, 0.05) is 11.6 Å². The normalized spacial score (nSPS) is 12.2. The van der Waals surface area contributed by atoms with Crippen molar-refractivity contribution in [3.05, 3.63) is 59.4 Å². The lowest BCUT2D eigenvalue weighted by atomic mass is 10.1. The molecule has 0 aliphatic heterocycles. The molecule has 0 spiro atoms. The van der Waals surface area contributed by atoms with E-state index >= 15 is 0 Å². The minimum atomic E-state index is -0.412. The van der Waals surface area contributed by atoms with Crippen molar-refractivity contribution < 1.29 is 9.13 Å². The quantitative estimate of drug-likeness (QED) is 0.813. The fourth-order valence-corrected chi connectivity index (χ4v) is 2.28. The first-order valence-corrected chi connectivity index (χ1v) is 7.42. The van der Waals surface area contributed by atoms with Gasteiger partial charge in [0.1, 0.15) is 17.3 Å². The molecule has 3 heteroatoms. The van der Waals surface area contributed by atoms with Gasteiger partial charge >= 0.3 is 0 Å². The molecule has 0 fully saturated rings. The summed E-state index contributed by atoms with van der Waals surface area (Å²) in [6.07, 6.45) is 3.43. The second-order valence-corrected chi connectivity index (χ2v) is 5.29. The maximum Gasteiger partial charge on any atom is 0.135 e. The molecule has 2 rings (SSSR count). The largest absolute Gasteiger partial charge is 0.457 e. The molecule has 0 aliphatic rings. The van der Waals surface area contributed by atoms with Crippen LogP contribution in [0.25, 0.3) is 0 Å². The number of ether oxygens (including phenoxy) is 1. The zero-order valence-corrected chi connectivity index (χ0v) is 12.6. The summed E-state index contributed by atoms with van der Waals surface area (Å²) in [5, 5.41) is 0. The topological polar surface area (TPSA) is 35.2 Å². The Morgan fingerprint density at radius 3 is 2.48 bits per heavy atom. The highest BCUT2D eigenvalue weighted by atomic mass is 19.1. The van der Waals surface area contributed by atoms with Gasteiger partial charge in [-0.15, -0.1) is 0 Å². The summed E-state index contributed by atoms with van der Waals surface area (Å²) in [5.74, 6) is 0.844. The van der Waals surface area contributed by atoms with Crippen molar-refractivity contribution >= 4 is 0 Å². The molecule has 0 saturated heterocycles. The highest BCUT2D eigenvalue weighted by Gasteiger charge is 2.14. The van der Waals surface area contributed by atoms with E-state index in [2.05, 4.69) is 19.1 Å². The van der Waals surface area contributed by atoms with E-state index in [1.54, 1.807) is 19.1 Å². The molecule has 0 aromatic heterocycles. The van der Waals surface area contributed by atoms with Gasteiger partial charge in [0.2, 0.25) is 0 Å². The van der Waals surface area contributed by atoms with Crippen LogP contribution in [0, 0.1) is 5.82 Å². The summed E-state index contributed by atoms with van der Waals surface area (Å²) >= 11 is 0. The molecule has 2 aromatic rings. The lowest BCUT2D eigenvalue weighted by Crippen LogP contribution is -2.09. The summed E-state index contributed by atoms with van der Waals surface area (Å²) in [6, 6.07) is 12.3. The average molecular weight is 287 g/mol. The zero-order chi connectivity index (χ0) is 15.2. The zero-order valence-electron chi connectivity index (χ0n) is 12.6. The summed E-state index contributed by atoms with van der Waals surface area (Å²) in [6.45, 7) is 3.93. The molecule has 0 heterocycles. The van der Waals surface area contributed by atoms with Crippen LogP contribution < -0.4 is 10.5 Å². The van der Waals surface area contributed by atoms with Crippen LogP contribution in [0.3, 0.4) is 0 Å². The highest BCUT2D eigenvalue weighted by Crippen LogP contribution is 2.30. The molecule has 0 bridgehead atoms. The SMILES string of the molecule is CCCCc1ccc(Oc2cccc(F)c2[C@@H](C)N)cc1. The Morgan fingerprint density at radius 1 is 1.14 bits per heavy atom. The van der Waals surface area contributed by atoms with Crippen LogP contribution in [0.2, 0.25) is 0 Å². The molecule has 0 amide bonds. The van der Waals surface area contributed by atoms with Gasteiger partial charge in [-0.05, 0) is 49.6 Å². The molecule has 0 unspecified atom stereocenters. The van der Waals surface area contributed by atoms with E-state index in [9.17, 15) is 4.39 Å². The van der Waals surface area contributed by atoms with Crippen LogP contribution in [-0.4, -0.2) is 0 Å². The van der Waals surface area contributed by atoms with Crippen molar-refractivity contribution in [1.82, 2.24) is 0 Å². The van der Waals surface area contributed by atoms with Gasteiger partial charge in [0.25, 0.3) is 0 Å². The third-order valence-electron chi connectivity index (χ3n) is 3.44. The van der Waals surface area contributed by atoms with Crippen molar-refractivity contribution in [1.29, 1.82) is 0 Å². The van der Waals surface area contributed by atoms with Crippen LogP contribution in [-0.2, 0) is 6.42 Å². The highest BCUT2D eigenvalue weighted by molar-refractivity contribution is 5.40. The summed E-state index contributed by atoms with van der Waals surface area (Å²) < 4.78 is 19.6. The van der Waals surface area contributed by atoms with E-state index in [4.69, 9.17) is 10.5 Å². The first-order chi connectivity index (χ1) is 10.1. The lowest BCUT2D eigenvalue weighted by molar-refractivity contribution is 0.460. The third-order valence-corrected chi connectivity index (χ3v) is 3.44. The predicted octanol–water partition coefficient (Wildman–Crippen LogP) is 4.98. The second kappa shape index (κ2) is 7.23. The number of hydrogen-bond acceptors (Lipinski definition) is 2. The number of rotatable bonds is 6. The Kier molecular flexibility index (Phi) is 5.34. The first kappa shape index (κ1) is 15.5. The lowest BCUT2D eigenvalue weighted by Gasteiger charge is -2.14. The number of nitrogens with two attached hydrogens (primary N) is 1. The van der Waals surface area contributed by atoms with Crippen molar-refractivity contribution in [2.45, 2.75) is 39.2 Å². The van der Waals surface area contributed by atoms with Gasteiger partial charge in [-0.1, -0.05) is 31.5 Å². The minimum absolute atomic E-state index is 0.331. The molecule has 2 aromatic carbocycles. The standard InChI is InChI=1S/C18H22FNO/c1-3-4-6-14-9-11-15(12-10-14)21-17-8-5-7-16(19)18(17)13(2)20/h5,7-13H,3-4,6,20H2,1-2H3/t13-/m1/s1. The van der Waals surface area contributed by atoms with E-state index in [0.717, 1.165) is 6.42 Å². The molecular formula is C18H22FNO. The molecular weight excluding hydrogens is 265 g/mol. The maximum atomic E-state index is 13.8. The molecule has 112 valence electrons. The average Bonchev–Trinajstić information content (AvgIpc) is 2.46. The van der Waals surface area contributed by atoms with Gasteiger partial charge < -0.3 is 10.5 Å². The summed E-state index contributed by atoms with van der Waals surface area (Å²) in [7, 11) is 0. The molecule has 21 heavy (non-hydrogen) atoms. The Balaban J connectivity index is 2.17. The van der Waals surface area contributed by atoms with Gasteiger partial charge in [-0.2, -0.15) is 0 Å². The van der Waals surface area contributed by atoms with Crippen LogP contribution in [0.4, 0.5) is 4.39 Å². The van der Waals surface area contributed by atoms with Crippen molar-refractivity contribution in [3.8, 4) is 11.5 Å². The Bertz CT molecular complexity index is 578. The number of halogens is 1. The van der Waals surface area contributed by atoms with Crippen LogP contribution >= 0.6 is 0 Å². The first-order valence-electron chi connectivity index (χ1n) is 7.42. The maximum absolute atomic E-state index is 13.8. The number of unbranched alkanes of at least 4 members (excludes halogenated alkanes) is 1. The van der Waals surface area contributed by atoms with E-state index < -0.39 is 6.04 Å². The van der Waals surface area contributed by atoms with Crippen molar-refractivity contribution in [3.63, 3.8) is 0 Å². The number of aryl methyl sites for hydroxylation is 1. The molecule has 0 saturated carbocycles. The second-order valence-electron chi connectivity index (χ2n) is 5.29. The fraction of sp³-hybridized carbons (Fsp3) is 0.333. The Hall–Kier alpha value is -1.87. The van der Waals surface area contributed by atoms with Crippen molar-refractivity contribution in [2.75, 3.05) is 0 Å². The summed E-state index contributed by atoms with van der Waals surface area (Å²) in [5.41, 5.74) is 7.53. The molecule has 1 atom stereocenters. The number of benzene rings is 2. The van der Waals surface area contributed by atoms with Gasteiger partial charge in [0.15, 0.2) is 0 Å². The molecule has 0 radical (unpaired) electrons. The molecule has 2 nitrogen and oxygen atoms in total. The van der Waals surface area contributed by atoms with Crippen LogP contribution in [0.15, 0.2) is 42.5 Å². The van der Waals surface area contributed by atoms with E-state index in [-0.39, 0.29) is 5.82 Å². The molecule has 2 N–H and O–H groups in total. The smallest absolute Gasteiger partial charge is 0.135 e. The monoisotopic (exact) mass is 287 g/mol. The van der Waals surface area contributed by atoms with Crippen LogP contribution in [0.1, 0.15) is 43.9 Å². The van der Waals surface area contributed by atoms with E-state index in [1.807, 2.05) is 12.1 Å². The van der Waals surface area contributed by atoms with E-state index in [1.165, 1.54) is 24.5 Å². The fourth-order valence-electron chi connectivity index (χ4n) is 2.28. The number of hydrogen-bond donors (Lipinski definition) is 1. The van der Waals surface area contributed by atoms with E-state index in [0.29, 0.717) is 17.1 Å². The minimum Gasteiger partial charge on any atom is -0.457 e. The van der Waals surface area contributed by atoms with Gasteiger partial charge in [-0.25, -0.2) is 4.39 Å². The predicted molar refractivity (Wildman–Crippen MR) is 84.1 cm³/mol. The summed E-state index contributed by atoms with van der Waals surface area (Å²) in [4.78, 5) is 0. The van der Waals surface area contributed by atoms with Gasteiger partial charge in [0.05, 0.1) is 0 Å². The van der Waals surface area contributed by atoms with Gasteiger partial charge in [-0.3, -0.25) is 0 Å². The Morgan fingerprint density at radius 2 is 1.86 bits per heavy atom. The third kappa shape index (κ3) is 4.05.